The molecule has 4 nitrogen and oxygen atoms in total. The van der Waals surface area contributed by atoms with E-state index in [9.17, 15) is 26.3 Å². The van der Waals surface area contributed by atoms with Gasteiger partial charge in [-0.2, -0.15) is 13.2 Å². The molecule has 0 unspecified atom stereocenters. The fourth-order valence-corrected chi connectivity index (χ4v) is 2.52. The van der Waals surface area contributed by atoms with Crippen LogP contribution in [0.4, 0.5) is 32.2 Å². The molecule has 29 heavy (non-hydrogen) atoms. The van der Waals surface area contributed by atoms with E-state index in [1.54, 1.807) is 0 Å². The van der Waals surface area contributed by atoms with E-state index in [0.29, 0.717) is 11.1 Å². The predicted octanol–water partition coefficient (Wildman–Crippen LogP) is 5.67. The van der Waals surface area contributed by atoms with Gasteiger partial charge in [-0.25, -0.2) is 4.98 Å². The number of alkyl halides is 6. The van der Waals surface area contributed by atoms with Gasteiger partial charge in [-0.1, -0.05) is 24.3 Å². The van der Waals surface area contributed by atoms with Crippen LogP contribution in [-0.2, 0) is 12.7 Å². The van der Waals surface area contributed by atoms with Gasteiger partial charge in [0.25, 0.3) is 0 Å². The smallest absolute Gasteiger partial charge is 0.406 e. The van der Waals surface area contributed by atoms with Gasteiger partial charge in [-0.3, -0.25) is 4.98 Å². The first kappa shape index (κ1) is 20.4. The van der Waals surface area contributed by atoms with Crippen LogP contribution in [0.2, 0.25) is 0 Å². The third-order valence-corrected chi connectivity index (χ3v) is 3.78. The molecule has 1 heterocycles. The predicted molar refractivity (Wildman–Crippen MR) is 92.9 cm³/mol. The summed E-state index contributed by atoms with van der Waals surface area (Å²) in [5.74, 6) is -0.147. The number of anilines is 1. The highest BCUT2D eigenvalue weighted by atomic mass is 19.4. The molecule has 3 aromatic rings. The molecule has 0 radical (unpaired) electrons. The summed E-state index contributed by atoms with van der Waals surface area (Å²) >= 11 is 0. The Morgan fingerprint density at radius 1 is 0.862 bits per heavy atom. The molecule has 0 aliphatic carbocycles. The average molecular weight is 413 g/mol. The normalized spacial score (nSPS) is 11.9. The summed E-state index contributed by atoms with van der Waals surface area (Å²) in [4.78, 5) is 8.25. The van der Waals surface area contributed by atoms with Gasteiger partial charge < -0.3 is 10.1 Å². The number of halogens is 6. The van der Waals surface area contributed by atoms with Crippen LogP contribution < -0.4 is 10.1 Å². The van der Waals surface area contributed by atoms with E-state index in [4.69, 9.17) is 0 Å². The second-order valence-electron chi connectivity index (χ2n) is 5.88. The molecule has 0 amide bonds. The zero-order chi connectivity index (χ0) is 21.1. The maximum absolute atomic E-state index is 12.6. The van der Waals surface area contributed by atoms with Crippen molar-refractivity contribution in [3.63, 3.8) is 0 Å². The maximum Gasteiger partial charge on any atom is 0.573 e. The highest BCUT2D eigenvalue weighted by Gasteiger charge is 2.31. The van der Waals surface area contributed by atoms with Gasteiger partial charge in [-0.05, 0) is 29.8 Å². The first-order valence-corrected chi connectivity index (χ1v) is 8.19. The molecule has 0 bridgehead atoms. The van der Waals surface area contributed by atoms with Crippen molar-refractivity contribution in [3.05, 3.63) is 72.1 Å². The summed E-state index contributed by atoms with van der Waals surface area (Å²) in [7, 11) is 0. The minimum atomic E-state index is -4.83. The van der Waals surface area contributed by atoms with Gasteiger partial charge in [0, 0.05) is 24.5 Å². The van der Waals surface area contributed by atoms with Crippen molar-refractivity contribution in [1.29, 1.82) is 0 Å². The molecule has 2 aromatic carbocycles. The van der Waals surface area contributed by atoms with Crippen LogP contribution in [0.1, 0.15) is 11.1 Å². The molecular weight excluding hydrogens is 400 g/mol. The minimum Gasteiger partial charge on any atom is -0.406 e. The van der Waals surface area contributed by atoms with Crippen LogP contribution in [0.15, 0.2) is 60.9 Å². The van der Waals surface area contributed by atoms with Crippen LogP contribution in [0.25, 0.3) is 11.3 Å². The lowest BCUT2D eigenvalue weighted by Gasteiger charge is -2.13. The standard InChI is InChI=1S/C19H13F6N3O/c20-18(21,22)14-6-4-12(5-7-14)11-28-17-16(26-8-9-27-17)13-2-1-3-15(10-13)29-19(23,24)25/h1-10H,11H2,(H,27,28). The maximum atomic E-state index is 12.6. The number of nitrogens with one attached hydrogen (secondary N) is 1. The van der Waals surface area contributed by atoms with Crippen molar-refractivity contribution < 1.29 is 31.1 Å². The van der Waals surface area contributed by atoms with E-state index in [-0.39, 0.29) is 18.1 Å². The molecule has 0 fully saturated rings. The Bertz CT molecular complexity index is 971. The van der Waals surface area contributed by atoms with Crippen LogP contribution in [-0.4, -0.2) is 16.3 Å². The second kappa shape index (κ2) is 7.98. The fraction of sp³-hybridized carbons (Fsp3) is 0.158. The topological polar surface area (TPSA) is 47.0 Å². The summed E-state index contributed by atoms with van der Waals surface area (Å²) in [5, 5.41) is 2.94. The Morgan fingerprint density at radius 2 is 1.55 bits per heavy atom. The second-order valence-corrected chi connectivity index (χ2v) is 5.88. The lowest BCUT2D eigenvalue weighted by Crippen LogP contribution is -2.17. The number of nitrogens with zero attached hydrogens (tertiary/aromatic N) is 2. The lowest BCUT2D eigenvalue weighted by molar-refractivity contribution is -0.274. The van der Waals surface area contributed by atoms with Gasteiger partial charge in [0.2, 0.25) is 0 Å². The van der Waals surface area contributed by atoms with E-state index < -0.39 is 23.9 Å². The number of rotatable bonds is 5. The summed E-state index contributed by atoms with van der Waals surface area (Å²) in [6.45, 7) is 0.141. The van der Waals surface area contributed by atoms with E-state index in [1.165, 1.54) is 42.7 Å². The van der Waals surface area contributed by atoms with Crippen LogP contribution in [0, 0.1) is 0 Å². The highest BCUT2D eigenvalue weighted by Crippen LogP contribution is 2.31. The summed E-state index contributed by atoms with van der Waals surface area (Å²) in [5.41, 5.74) is 0.397. The quantitative estimate of drug-likeness (QED) is 0.548. The van der Waals surface area contributed by atoms with Crippen LogP contribution in [0.3, 0.4) is 0 Å². The number of ether oxygens (including phenoxy) is 1. The van der Waals surface area contributed by atoms with Crippen LogP contribution in [0.5, 0.6) is 5.75 Å². The van der Waals surface area contributed by atoms with E-state index in [1.807, 2.05) is 0 Å². The lowest BCUT2D eigenvalue weighted by atomic mass is 10.1. The molecule has 1 aromatic heterocycles. The molecule has 0 atom stereocenters. The Balaban J connectivity index is 1.79. The Kier molecular flexibility index (Phi) is 5.62. The Hall–Kier alpha value is -3.30. The van der Waals surface area contributed by atoms with E-state index in [2.05, 4.69) is 20.0 Å². The van der Waals surface area contributed by atoms with Gasteiger partial charge in [0.15, 0.2) is 5.82 Å². The van der Waals surface area contributed by atoms with E-state index in [0.717, 1.165) is 18.2 Å². The number of hydrogen-bond acceptors (Lipinski definition) is 4. The van der Waals surface area contributed by atoms with Gasteiger partial charge in [0.05, 0.1) is 5.56 Å². The third kappa shape index (κ3) is 5.59. The van der Waals surface area contributed by atoms with Crippen molar-refractivity contribution in [1.82, 2.24) is 9.97 Å². The largest absolute Gasteiger partial charge is 0.573 e. The molecule has 0 aliphatic rings. The molecule has 152 valence electrons. The van der Waals surface area contributed by atoms with Gasteiger partial charge in [0.1, 0.15) is 11.4 Å². The molecule has 1 N–H and O–H groups in total. The van der Waals surface area contributed by atoms with Crippen molar-refractivity contribution in [2.24, 2.45) is 0 Å². The zero-order valence-electron chi connectivity index (χ0n) is 14.6. The molecule has 0 saturated heterocycles. The van der Waals surface area contributed by atoms with Crippen molar-refractivity contribution in [2.45, 2.75) is 19.1 Å². The zero-order valence-corrected chi connectivity index (χ0v) is 14.6. The van der Waals surface area contributed by atoms with Gasteiger partial charge in [-0.15, -0.1) is 13.2 Å². The fourth-order valence-electron chi connectivity index (χ4n) is 2.52. The van der Waals surface area contributed by atoms with E-state index >= 15 is 0 Å². The Labute approximate surface area is 161 Å². The van der Waals surface area contributed by atoms with Crippen molar-refractivity contribution in [3.8, 4) is 17.0 Å². The summed E-state index contributed by atoms with van der Waals surface area (Å²) in [6.07, 6.45) is -6.50. The molecule has 10 heteroatoms. The molecule has 0 spiro atoms. The van der Waals surface area contributed by atoms with Crippen LogP contribution >= 0.6 is 0 Å². The summed E-state index contributed by atoms with van der Waals surface area (Å²) in [6, 6.07) is 9.82. The molecular formula is C19H13F6N3O. The SMILES string of the molecule is FC(F)(F)Oc1cccc(-c2nccnc2NCc2ccc(C(F)(F)F)cc2)c1. The molecule has 0 aliphatic heterocycles. The van der Waals surface area contributed by atoms with Gasteiger partial charge >= 0.3 is 12.5 Å². The summed E-state index contributed by atoms with van der Waals surface area (Å²) < 4.78 is 79.1. The number of aromatic nitrogens is 2. The Morgan fingerprint density at radius 3 is 2.21 bits per heavy atom. The first-order valence-electron chi connectivity index (χ1n) is 8.19. The number of hydrogen-bond donors (Lipinski definition) is 1. The van der Waals surface area contributed by atoms with Crippen molar-refractivity contribution in [2.75, 3.05) is 5.32 Å². The highest BCUT2D eigenvalue weighted by molar-refractivity contribution is 5.72. The molecule has 0 saturated carbocycles. The third-order valence-electron chi connectivity index (χ3n) is 3.78. The average Bonchev–Trinajstić information content (AvgIpc) is 2.65. The minimum absolute atomic E-state index is 0.141. The first-order chi connectivity index (χ1) is 13.6. The van der Waals surface area contributed by atoms with Crippen molar-refractivity contribution >= 4 is 5.82 Å². The monoisotopic (exact) mass is 413 g/mol. The number of benzene rings is 2. The molecule has 3 rings (SSSR count).